The number of aromatic hydroxyl groups is 3. The van der Waals surface area contributed by atoms with Crippen LogP contribution in [0.25, 0.3) is 10.8 Å². The number of nitrogens with one attached hydrogen (secondary N) is 2. The molecule has 0 radical (unpaired) electrons. The number of nitro benzene ring substituents is 2. The van der Waals surface area contributed by atoms with E-state index in [1.807, 2.05) is 0 Å². The zero-order valence-corrected chi connectivity index (χ0v) is 41.1. The molecular weight excluding hydrogens is 974 g/mol. The molecule has 68 heavy (non-hydrogen) atoms. The molecule has 0 saturated carbocycles. The number of azo groups is 3. The van der Waals surface area contributed by atoms with E-state index in [4.69, 9.17) is 11.6 Å². The van der Waals surface area contributed by atoms with Gasteiger partial charge >= 0.3 is 59.1 Å². The molecule has 334 valence electrons. The van der Waals surface area contributed by atoms with Gasteiger partial charge in [-0.3, -0.25) is 20.2 Å². The smallest absolute Gasteiger partial charge is 0.744 e. The quantitative estimate of drug-likeness (QED) is 0.0315. The maximum Gasteiger partial charge on any atom is 1.00 e. The Bertz CT molecular complexity index is 3460. The number of halogens is 1. The Morgan fingerprint density at radius 1 is 0.515 bits per heavy atom. The number of hydrogen-bond donors (Lipinski definition) is 5. The van der Waals surface area contributed by atoms with Crippen LogP contribution in [0, 0.1) is 20.2 Å². The van der Waals surface area contributed by atoms with E-state index >= 15 is 0 Å². The maximum absolute atomic E-state index is 12.2. The summed E-state index contributed by atoms with van der Waals surface area (Å²) in [4.78, 5) is 18.8. The Labute approximate surface area is 432 Å². The van der Waals surface area contributed by atoms with Crippen molar-refractivity contribution in [2.45, 2.75) is 9.79 Å². The molecular formula is C40H25ClN10Na2O13S2. The molecule has 0 fully saturated rings. The van der Waals surface area contributed by atoms with Gasteiger partial charge in [-0.1, -0.05) is 11.6 Å². The number of fused-ring (bicyclic) bond motifs is 1. The number of non-ortho nitro benzene ring substituents is 2. The SMILES string of the molecule is O=[N+]([O-])c1ccc(N=Nc2c(S(=O)(=O)[O-])cc3cc(N=Nc4ccc(Nc5ccc(N=Nc6ccc(Nc7ccc([N+](=O)[O-])cc7S(=O)(=O)[O-])cc6)c(O)c5)cc4O)ccc3c2O)c(Cl)c1.[Na+].[Na+]. The van der Waals surface area contributed by atoms with Crippen LogP contribution in [0.1, 0.15) is 0 Å². The molecule has 0 aliphatic rings. The number of benzene rings is 7. The van der Waals surface area contributed by atoms with E-state index < -0.39 is 57.0 Å². The Hall–Kier alpha value is -6.49. The molecule has 5 N–H and O–H groups in total. The topological polar surface area (TPSA) is 360 Å². The van der Waals surface area contributed by atoms with Crippen LogP contribution in [0.4, 0.5) is 68.2 Å². The van der Waals surface area contributed by atoms with E-state index in [-0.39, 0.29) is 121 Å². The van der Waals surface area contributed by atoms with Gasteiger partial charge in [-0.05, 0) is 90.3 Å². The second-order valence-corrected chi connectivity index (χ2v) is 16.6. The summed E-state index contributed by atoms with van der Waals surface area (Å²) in [6.07, 6.45) is 0. The fraction of sp³-hybridized carbons (Fsp3) is 0. The number of rotatable bonds is 14. The van der Waals surface area contributed by atoms with E-state index in [1.54, 1.807) is 12.1 Å². The zero-order chi connectivity index (χ0) is 47.5. The van der Waals surface area contributed by atoms with Crippen molar-refractivity contribution in [3.05, 3.63) is 147 Å². The average molecular weight is 999 g/mol. The van der Waals surface area contributed by atoms with Crippen LogP contribution in [-0.4, -0.2) is 51.1 Å². The van der Waals surface area contributed by atoms with Crippen LogP contribution in [0.3, 0.4) is 0 Å². The first kappa shape index (κ1) is 52.5. The number of phenolic OH excluding ortho intramolecular Hbond substituents is 3. The third-order valence-electron chi connectivity index (χ3n) is 9.08. The zero-order valence-electron chi connectivity index (χ0n) is 34.7. The fourth-order valence-corrected chi connectivity index (χ4v) is 7.46. The summed E-state index contributed by atoms with van der Waals surface area (Å²) in [5.41, 5.74) is -0.252. The minimum atomic E-state index is -5.25. The van der Waals surface area contributed by atoms with Gasteiger partial charge in [-0.2, -0.15) is 10.2 Å². The molecule has 0 amide bonds. The van der Waals surface area contributed by atoms with Crippen LogP contribution in [-0.2, 0) is 20.2 Å². The minimum Gasteiger partial charge on any atom is -0.744 e. The summed E-state index contributed by atoms with van der Waals surface area (Å²) >= 11 is 6.04. The molecule has 0 aromatic heterocycles. The van der Waals surface area contributed by atoms with Crippen LogP contribution in [0.15, 0.2) is 162 Å². The van der Waals surface area contributed by atoms with Gasteiger partial charge in [0.2, 0.25) is 0 Å². The molecule has 0 unspecified atom stereocenters. The Morgan fingerprint density at radius 3 is 1.56 bits per heavy atom. The van der Waals surface area contributed by atoms with Crippen molar-refractivity contribution >= 4 is 111 Å². The van der Waals surface area contributed by atoms with E-state index in [0.717, 1.165) is 36.4 Å². The monoisotopic (exact) mass is 998 g/mol. The Kier molecular flexibility index (Phi) is 16.7. The van der Waals surface area contributed by atoms with Crippen molar-refractivity contribution in [1.82, 2.24) is 0 Å². The predicted molar refractivity (Wildman–Crippen MR) is 234 cm³/mol. The first-order valence-corrected chi connectivity index (χ1v) is 21.4. The average Bonchev–Trinajstić information content (AvgIpc) is 3.25. The van der Waals surface area contributed by atoms with E-state index in [0.29, 0.717) is 28.8 Å². The molecule has 0 aliphatic carbocycles. The van der Waals surface area contributed by atoms with Crippen molar-refractivity contribution in [3.8, 4) is 17.2 Å². The van der Waals surface area contributed by atoms with E-state index in [1.165, 1.54) is 66.7 Å². The largest absolute Gasteiger partial charge is 1.00 e. The third kappa shape index (κ3) is 12.5. The normalized spacial score (nSPS) is 11.7. The Morgan fingerprint density at radius 2 is 1.01 bits per heavy atom. The van der Waals surface area contributed by atoms with E-state index in [9.17, 15) is 61.5 Å². The Balaban J connectivity index is 0.00000432. The molecule has 0 bridgehead atoms. The predicted octanol–water partition coefficient (Wildman–Crippen LogP) is 4.98. The van der Waals surface area contributed by atoms with Gasteiger partial charge in [0.15, 0.2) is 5.75 Å². The summed E-state index contributed by atoms with van der Waals surface area (Å²) < 4.78 is 71.8. The summed E-state index contributed by atoms with van der Waals surface area (Å²) in [5, 5.41) is 83.8. The molecule has 23 nitrogen and oxygen atoms in total. The molecule has 7 aromatic rings. The first-order valence-electron chi connectivity index (χ1n) is 18.2. The fourth-order valence-electron chi connectivity index (χ4n) is 5.95. The molecule has 0 aliphatic heterocycles. The molecule has 7 rings (SSSR count). The molecule has 0 heterocycles. The summed E-state index contributed by atoms with van der Waals surface area (Å²) in [6.45, 7) is 0. The summed E-state index contributed by atoms with van der Waals surface area (Å²) in [7, 11) is -10.3. The van der Waals surface area contributed by atoms with Gasteiger partial charge in [0, 0.05) is 58.8 Å². The van der Waals surface area contributed by atoms with Gasteiger partial charge in [0.1, 0.15) is 54.5 Å². The van der Waals surface area contributed by atoms with Gasteiger partial charge in [-0.15, -0.1) is 20.5 Å². The standard InChI is InChI=1S/C40H27ClN10O13S2.2Na/c41-30-19-27(50(55)56)8-13-31(30)46-49-39-38(66(62,63)64)16-21-15-26(5-10-29(21)40(39)54)45-48-33-12-7-25(18-36(33)53)42-24-6-11-32(35(52)17-24)47-44-23-3-1-22(2-4-23)43-34-14-9-28(51(57)58)20-37(34)65(59,60)61;;/h1-20,42-43,52-54H,(H,59,60,61)(H,62,63,64);;/q;2*+1/p-2. The molecule has 0 saturated heterocycles. The van der Waals surface area contributed by atoms with Crippen molar-refractivity contribution in [2.75, 3.05) is 10.6 Å². The third-order valence-corrected chi connectivity index (χ3v) is 11.1. The van der Waals surface area contributed by atoms with Gasteiger partial charge in [-0.25, -0.2) is 16.8 Å². The maximum atomic E-state index is 12.2. The van der Waals surface area contributed by atoms with Crippen molar-refractivity contribution in [1.29, 1.82) is 0 Å². The van der Waals surface area contributed by atoms with Crippen LogP contribution in [0.5, 0.6) is 17.2 Å². The van der Waals surface area contributed by atoms with E-state index in [2.05, 4.69) is 41.3 Å². The summed E-state index contributed by atoms with van der Waals surface area (Å²) in [5.74, 6) is -1.30. The molecule has 0 spiro atoms. The second kappa shape index (κ2) is 21.6. The summed E-state index contributed by atoms with van der Waals surface area (Å²) in [6, 6.07) is 25.7. The first-order chi connectivity index (χ1) is 31.2. The number of phenols is 3. The van der Waals surface area contributed by atoms with Gasteiger partial charge in [0.25, 0.3) is 11.4 Å². The number of nitro groups is 2. The van der Waals surface area contributed by atoms with Crippen LogP contribution in [0.2, 0.25) is 5.02 Å². The van der Waals surface area contributed by atoms with Gasteiger partial charge in [0.05, 0.1) is 41.7 Å². The molecule has 28 heteroatoms. The van der Waals surface area contributed by atoms with Crippen molar-refractivity contribution < 1.29 is 110 Å². The van der Waals surface area contributed by atoms with Crippen LogP contribution >= 0.6 is 11.6 Å². The minimum absolute atomic E-state index is 0. The number of nitrogens with zero attached hydrogens (tertiary/aromatic N) is 8. The number of anilines is 4. The van der Waals surface area contributed by atoms with Gasteiger partial charge < -0.3 is 35.1 Å². The molecule has 0 atom stereocenters. The number of hydrogen-bond acceptors (Lipinski definition) is 21. The van der Waals surface area contributed by atoms with Crippen molar-refractivity contribution in [3.63, 3.8) is 0 Å². The second-order valence-electron chi connectivity index (χ2n) is 13.5. The van der Waals surface area contributed by atoms with Crippen LogP contribution < -0.4 is 69.7 Å². The van der Waals surface area contributed by atoms with Crippen molar-refractivity contribution in [2.24, 2.45) is 30.7 Å². The molecule has 7 aromatic carbocycles.